The van der Waals surface area contributed by atoms with Gasteiger partial charge in [0.05, 0.1) is 0 Å². The molecule has 30 heavy (non-hydrogen) atoms. The molecule has 6 nitrogen and oxygen atoms in total. The Balaban J connectivity index is 1.39. The van der Waals surface area contributed by atoms with Crippen molar-refractivity contribution in [3.05, 3.63) is 59.9 Å². The third kappa shape index (κ3) is 7.00. The minimum absolute atomic E-state index is 0.0395. The molecule has 1 fully saturated rings. The van der Waals surface area contributed by atoms with Crippen molar-refractivity contribution >= 4 is 5.97 Å². The lowest BCUT2D eigenvalue weighted by Crippen LogP contribution is -2.43. The maximum Gasteiger partial charge on any atom is 0.303 e. The molecule has 1 unspecified atom stereocenters. The Hall–Kier alpha value is -2.64. The van der Waals surface area contributed by atoms with Crippen LogP contribution in [0, 0.1) is 5.82 Å². The smallest absolute Gasteiger partial charge is 0.303 e. The highest BCUT2D eigenvalue weighted by Crippen LogP contribution is 2.21. The van der Waals surface area contributed by atoms with Crippen LogP contribution in [0.5, 0.6) is 11.5 Å². The second-order valence-electron chi connectivity index (χ2n) is 7.54. The van der Waals surface area contributed by atoms with Gasteiger partial charge >= 0.3 is 5.97 Å². The summed E-state index contributed by atoms with van der Waals surface area (Å²) in [6, 6.07) is 13.4. The van der Waals surface area contributed by atoms with Gasteiger partial charge in [-0.2, -0.15) is 0 Å². The van der Waals surface area contributed by atoms with Crippen molar-refractivity contribution in [1.82, 2.24) is 4.90 Å². The van der Waals surface area contributed by atoms with Gasteiger partial charge in [-0.3, -0.25) is 4.79 Å². The Morgan fingerprint density at radius 2 is 1.83 bits per heavy atom. The number of halogens is 1. The van der Waals surface area contributed by atoms with Gasteiger partial charge in [0.1, 0.15) is 36.1 Å². The third-order valence-corrected chi connectivity index (χ3v) is 5.13. The maximum atomic E-state index is 13.0. The molecule has 0 amide bonds. The number of aliphatic hydroxyl groups is 1. The summed E-state index contributed by atoms with van der Waals surface area (Å²) in [6.07, 6.45) is 1.54. The zero-order valence-electron chi connectivity index (χ0n) is 16.9. The fourth-order valence-electron chi connectivity index (χ4n) is 3.54. The first-order valence-corrected chi connectivity index (χ1v) is 10.2. The number of aliphatic hydroxyl groups excluding tert-OH is 1. The Labute approximate surface area is 175 Å². The zero-order valence-corrected chi connectivity index (χ0v) is 16.9. The minimum Gasteiger partial charge on any atom is -0.491 e. The largest absolute Gasteiger partial charge is 0.491 e. The highest BCUT2D eigenvalue weighted by Gasteiger charge is 2.22. The Bertz CT molecular complexity index is 805. The molecule has 0 aliphatic carbocycles. The number of aliphatic carboxylic acids is 1. The van der Waals surface area contributed by atoms with Crippen LogP contribution in [-0.2, 0) is 11.2 Å². The van der Waals surface area contributed by atoms with Crippen LogP contribution >= 0.6 is 0 Å². The number of piperidine rings is 1. The van der Waals surface area contributed by atoms with E-state index in [4.69, 9.17) is 14.6 Å². The molecule has 0 saturated carbocycles. The van der Waals surface area contributed by atoms with Gasteiger partial charge in [-0.05, 0) is 55.2 Å². The van der Waals surface area contributed by atoms with Crippen LogP contribution in [0.1, 0.15) is 24.8 Å². The van der Waals surface area contributed by atoms with Gasteiger partial charge in [0.25, 0.3) is 0 Å². The molecule has 0 bridgehead atoms. The molecule has 3 rings (SSSR count). The average molecular weight is 417 g/mol. The lowest BCUT2D eigenvalue weighted by atomic mass is 10.1. The number of ether oxygens (including phenoxy) is 2. The standard InChI is InChI=1S/C23H28FNO5/c24-18-6-8-20(9-7-18)30-21-11-13-25(14-12-21)15-19(26)16-29-22-4-2-1-3-17(22)5-10-23(27)28/h1-4,6-9,19,21,26H,5,10-16H2,(H,27,28). The first kappa shape index (κ1) is 22.1. The third-order valence-electron chi connectivity index (χ3n) is 5.13. The van der Waals surface area contributed by atoms with E-state index in [1.807, 2.05) is 18.2 Å². The summed E-state index contributed by atoms with van der Waals surface area (Å²) in [4.78, 5) is 13.0. The molecule has 1 saturated heterocycles. The predicted octanol–water partition coefficient (Wildman–Crippen LogP) is 3.13. The van der Waals surface area contributed by atoms with Crippen molar-refractivity contribution in [2.45, 2.75) is 37.9 Å². The monoisotopic (exact) mass is 417 g/mol. The highest BCUT2D eigenvalue weighted by atomic mass is 19.1. The van der Waals surface area contributed by atoms with Gasteiger partial charge in [0, 0.05) is 26.1 Å². The molecule has 0 spiro atoms. The van der Waals surface area contributed by atoms with Crippen molar-refractivity contribution < 1.29 is 28.9 Å². The fraction of sp³-hybridized carbons (Fsp3) is 0.435. The van der Waals surface area contributed by atoms with E-state index in [9.17, 15) is 14.3 Å². The number of carboxylic acid groups (broad SMARTS) is 1. The van der Waals surface area contributed by atoms with Crippen LogP contribution < -0.4 is 9.47 Å². The number of nitrogens with zero attached hydrogens (tertiary/aromatic N) is 1. The molecule has 0 radical (unpaired) electrons. The Morgan fingerprint density at radius 3 is 2.53 bits per heavy atom. The topological polar surface area (TPSA) is 79.2 Å². The van der Waals surface area contributed by atoms with E-state index >= 15 is 0 Å². The van der Waals surface area contributed by atoms with Gasteiger partial charge in [0.15, 0.2) is 0 Å². The van der Waals surface area contributed by atoms with Crippen molar-refractivity contribution in [3.63, 3.8) is 0 Å². The molecule has 1 aliphatic heterocycles. The van der Waals surface area contributed by atoms with Gasteiger partial charge < -0.3 is 24.6 Å². The van der Waals surface area contributed by atoms with Gasteiger partial charge in [-0.1, -0.05) is 18.2 Å². The Kier molecular flexibility index (Phi) is 8.04. The molecular formula is C23H28FNO5. The highest BCUT2D eigenvalue weighted by molar-refractivity contribution is 5.67. The molecule has 1 heterocycles. The number of benzene rings is 2. The summed E-state index contributed by atoms with van der Waals surface area (Å²) in [7, 11) is 0. The lowest BCUT2D eigenvalue weighted by molar-refractivity contribution is -0.136. The van der Waals surface area contributed by atoms with E-state index in [2.05, 4.69) is 4.90 Å². The Morgan fingerprint density at radius 1 is 1.13 bits per heavy atom. The average Bonchev–Trinajstić information content (AvgIpc) is 2.74. The molecule has 1 aliphatic rings. The van der Waals surface area contributed by atoms with Crippen LogP contribution in [0.2, 0.25) is 0 Å². The number of rotatable bonds is 10. The van der Waals surface area contributed by atoms with E-state index in [0.29, 0.717) is 24.5 Å². The predicted molar refractivity (Wildman–Crippen MR) is 110 cm³/mol. The van der Waals surface area contributed by atoms with Crippen LogP contribution in [-0.4, -0.2) is 59.5 Å². The van der Waals surface area contributed by atoms with Crippen molar-refractivity contribution in [3.8, 4) is 11.5 Å². The van der Waals surface area contributed by atoms with E-state index in [-0.39, 0.29) is 24.9 Å². The summed E-state index contributed by atoms with van der Waals surface area (Å²) in [5, 5.41) is 19.2. The van der Waals surface area contributed by atoms with Crippen molar-refractivity contribution in [2.75, 3.05) is 26.2 Å². The van der Waals surface area contributed by atoms with Crippen molar-refractivity contribution in [2.24, 2.45) is 0 Å². The number of likely N-dealkylation sites (tertiary alicyclic amines) is 1. The summed E-state index contributed by atoms with van der Waals surface area (Å²) in [5.41, 5.74) is 0.825. The number of hydrogen-bond donors (Lipinski definition) is 2. The number of aryl methyl sites for hydroxylation is 1. The zero-order chi connectivity index (χ0) is 21.3. The molecule has 162 valence electrons. The normalized spacial score (nSPS) is 16.2. The van der Waals surface area contributed by atoms with Crippen LogP contribution in [0.3, 0.4) is 0 Å². The summed E-state index contributed by atoms with van der Waals surface area (Å²) < 4.78 is 24.6. The second kappa shape index (κ2) is 10.9. The molecule has 2 N–H and O–H groups in total. The van der Waals surface area contributed by atoms with E-state index < -0.39 is 12.1 Å². The summed E-state index contributed by atoms with van der Waals surface area (Å²) >= 11 is 0. The van der Waals surface area contributed by atoms with Crippen LogP contribution in [0.15, 0.2) is 48.5 Å². The minimum atomic E-state index is -0.850. The number of carbonyl (C=O) groups is 1. The van der Waals surface area contributed by atoms with E-state index in [1.54, 1.807) is 18.2 Å². The fourth-order valence-corrected chi connectivity index (χ4v) is 3.54. The van der Waals surface area contributed by atoms with Crippen molar-refractivity contribution in [1.29, 1.82) is 0 Å². The number of para-hydroxylation sites is 1. The van der Waals surface area contributed by atoms with Gasteiger partial charge in [0.2, 0.25) is 0 Å². The summed E-state index contributed by atoms with van der Waals surface area (Å²) in [5.74, 6) is 0.156. The molecule has 2 aromatic carbocycles. The molecular weight excluding hydrogens is 389 g/mol. The number of hydrogen-bond acceptors (Lipinski definition) is 5. The first-order valence-electron chi connectivity index (χ1n) is 10.2. The van der Waals surface area contributed by atoms with E-state index in [1.165, 1.54) is 12.1 Å². The molecule has 0 aromatic heterocycles. The molecule has 1 atom stereocenters. The molecule has 2 aromatic rings. The second-order valence-corrected chi connectivity index (χ2v) is 7.54. The number of β-amino-alcohol motifs (C(OH)–C–C–N with tert-alkyl or cyclic N) is 1. The number of carboxylic acids is 1. The summed E-state index contributed by atoms with van der Waals surface area (Å²) in [6.45, 7) is 2.26. The van der Waals surface area contributed by atoms with Crippen LogP contribution in [0.4, 0.5) is 4.39 Å². The molecule has 7 heteroatoms. The van der Waals surface area contributed by atoms with Crippen LogP contribution in [0.25, 0.3) is 0 Å². The first-order chi connectivity index (χ1) is 14.5. The maximum absolute atomic E-state index is 13.0. The quantitative estimate of drug-likeness (QED) is 0.618. The van der Waals surface area contributed by atoms with E-state index in [0.717, 1.165) is 31.5 Å². The lowest BCUT2D eigenvalue weighted by Gasteiger charge is -2.33. The van der Waals surface area contributed by atoms with Gasteiger partial charge in [-0.15, -0.1) is 0 Å². The van der Waals surface area contributed by atoms with Gasteiger partial charge in [-0.25, -0.2) is 4.39 Å². The SMILES string of the molecule is O=C(O)CCc1ccccc1OCC(O)CN1CCC(Oc2ccc(F)cc2)CC1.